The third-order valence-corrected chi connectivity index (χ3v) is 3.36. The summed E-state index contributed by atoms with van der Waals surface area (Å²) in [6.45, 7) is 2.88. The van der Waals surface area contributed by atoms with Crippen molar-refractivity contribution in [3.63, 3.8) is 0 Å². The first-order valence-electron chi connectivity index (χ1n) is 6.64. The molecule has 2 N–H and O–H groups in total. The van der Waals surface area contributed by atoms with E-state index in [1.165, 1.54) is 18.2 Å². The summed E-state index contributed by atoms with van der Waals surface area (Å²) >= 11 is 0. The molecule has 2 aromatic carbocycles. The number of hydrogen-bond donors (Lipinski definition) is 1. The summed E-state index contributed by atoms with van der Waals surface area (Å²) in [6.07, 6.45) is 0. The number of nitrogens with zero attached hydrogens (tertiary/aromatic N) is 1. The van der Waals surface area contributed by atoms with Crippen molar-refractivity contribution in [2.45, 2.75) is 13.0 Å². The number of likely N-dealkylation sites (N-methyl/N-ethyl adjacent to an activating group) is 1. The molecule has 0 saturated carbocycles. The van der Waals surface area contributed by atoms with Gasteiger partial charge in [0.15, 0.2) is 0 Å². The van der Waals surface area contributed by atoms with Gasteiger partial charge in [0.2, 0.25) is 0 Å². The highest BCUT2D eigenvalue weighted by Gasteiger charge is 2.20. The molecule has 0 amide bonds. The molecule has 0 radical (unpaired) electrons. The van der Waals surface area contributed by atoms with Crippen LogP contribution in [0.4, 0.5) is 14.5 Å². The number of rotatable bonds is 5. The minimum absolute atomic E-state index is 0.183. The Bertz CT molecular complexity index is 555. The molecule has 0 aliphatic carbocycles. The van der Waals surface area contributed by atoms with Gasteiger partial charge in [-0.3, -0.25) is 0 Å². The van der Waals surface area contributed by atoms with Crippen LogP contribution >= 0.6 is 0 Å². The van der Waals surface area contributed by atoms with E-state index in [4.69, 9.17) is 5.73 Å². The molecule has 0 saturated heterocycles. The van der Waals surface area contributed by atoms with Gasteiger partial charge in [-0.1, -0.05) is 24.3 Å². The average molecular weight is 276 g/mol. The molecule has 1 unspecified atom stereocenters. The van der Waals surface area contributed by atoms with E-state index in [1.54, 1.807) is 30.3 Å². The summed E-state index contributed by atoms with van der Waals surface area (Å²) in [4.78, 5) is 1.89. The predicted octanol–water partition coefficient (Wildman–Crippen LogP) is 3.49. The third-order valence-electron chi connectivity index (χ3n) is 3.36. The zero-order chi connectivity index (χ0) is 14.5. The van der Waals surface area contributed by atoms with Gasteiger partial charge in [-0.2, -0.15) is 0 Å². The molecule has 0 heterocycles. The van der Waals surface area contributed by atoms with E-state index in [-0.39, 0.29) is 17.7 Å². The lowest BCUT2D eigenvalue weighted by Crippen LogP contribution is -2.34. The number of anilines is 1. The number of para-hydroxylation sites is 1. The number of hydrogen-bond acceptors (Lipinski definition) is 2. The summed E-state index contributed by atoms with van der Waals surface area (Å²) in [5.41, 5.74) is 7.23. The fourth-order valence-electron chi connectivity index (χ4n) is 2.37. The first kappa shape index (κ1) is 14.5. The molecule has 0 aliphatic heterocycles. The van der Waals surface area contributed by atoms with Crippen molar-refractivity contribution < 1.29 is 8.78 Å². The smallest absolute Gasteiger partial charge is 0.146 e. The Morgan fingerprint density at radius 1 is 1.05 bits per heavy atom. The topological polar surface area (TPSA) is 29.3 Å². The van der Waals surface area contributed by atoms with Crippen molar-refractivity contribution in [3.8, 4) is 0 Å². The number of benzene rings is 2. The normalized spacial score (nSPS) is 12.2. The average Bonchev–Trinajstić information content (AvgIpc) is 2.47. The zero-order valence-corrected chi connectivity index (χ0v) is 11.4. The Hall–Kier alpha value is -1.94. The Balaban J connectivity index is 2.38. The molecule has 2 aromatic rings. The van der Waals surface area contributed by atoms with E-state index >= 15 is 0 Å². The highest BCUT2D eigenvalue weighted by Crippen LogP contribution is 2.28. The van der Waals surface area contributed by atoms with Crippen LogP contribution in [0.25, 0.3) is 0 Å². The van der Waals surface area contributed by atoms with E-state index in [1.807, 2.05) is 11.8 Å². The number of halogens is 2. The van der Waals surface area contributed by atoms with Crippen LogP contribution < -0.4 is 10.6 Å². The van der Waals surface area contributed by atoms with Crippen molar-refractivity contribution >= 4 is 5.69 Å². The number of nitrogens with two attached hydrogens (primary N) is 1. The molecule has 0 bridgehead atoms. The molecule has 1 atom stereocenters. The van der Waals surface area contributed by atoms with Crippen molar-refractivity contribution in [3.05, 3.63) is 65.7 Å². The quantitative estimate of drug-likeness (QED) is 0.905. The minimum atomic E-state index is -0.293. The molecular formula is C16H18F2N2. The van der Waals surface area contributed by atoms with Crippen LogP contribution in [-0.2, 0) is 0 Å². The second-order valence-corrected chi connectivity index (χ2v) is 4.54. The van der Waals surface area contributed by atoms with Gasteiger partial charge in [0.1, 0.15) is 11.6 Å². The minimum Gasteiger partial charge on any atom is -0.361 e. The maximum absolute atomic E-state index is 14.0. The van der Waals surface area contributed by atoms with Crippen LogP contribution in [-0.4, -0.2) is 13.1 Å². The first-order chi connectivity index (χ1) is 9.67. The Kier molecular flexibility index (Phi) is 4.69. The van der Waals surface area contributed by atoms with Gasteiger partial charge in [0.25, 0.3) is 0 Å². The van der Waals surface area contributed by atoms with Gasteiger partial charge in [0, 0.05) is 13.1 Å². The van der Waals surface area contributed by atoms with Gasteiger partial charge >= 0.3 is 0 Å². The molecule has 0 fully saturated rings. The summed E-state index contributed by atoms with van der Waals surface area (Å²) in [5, 5.41) is 0. The lowest BCUT2D eigenvalue weighted by atomic mass is 10.0. The Labute approximate surface area is 117 Å². The fourth-order valence-corrected chi connectivity index (χ4v) is 2.37. The van der Waals surface area contributed by atoms with Crippen LogP contribution in [0, 0.1) is 11.6 Å². The maximum atomic E-state index is 14.0. The SMILES string of the molecule is CCN(c1ccccc1F)C(CN)c1ccc(F)cc1. The molecule has 4 heteroatoms. The highest BCUT2D eigenvalue weighted by molar-refractivity contribution is 5.50. The largest absolute Gasteiger partial charge is 0.361 e. The fraction of sp³-hybridized carbons (Fsp3) is 0.250. The molecule has 106 valence electrons. The Morgan fingerprint density at radius 3 is 2.25 bits per heavy atom. The van der Waals surface area contributed by atoms with Crippen LogP contribution in [0.15, 0.2) is 48.5 Å². The van der Waals surface area contributed by atoms with Gasteiger partial charge < -0.3 is 10.6 Å². The predicted molar refractivity (Wildman–Crippen MR) is 77.6 cm³/mol. The van der Waals surface area contributed by atoms with Crippen molar-refractivity contribution in [1.29, 1.82) is 0 Å². The maximum Gasteiger partial charge on any atom is 0.146 e. The monoisotopic (exact) mass is 276 g/mol. The lowest BCUT2D eigenvalue weighted by Gasteiger charge is -2.32. The second-order valence-electron chi connectivity index (χ2n) is 4.54. The summed E-state index contributed by atoms with van der Waals surface area (Å²) in [6, 6.07) is 12.6. The van der Waals surface area contributed by atoms with Gasteiger partial charge in [-0.25, -0.2) is 8.78 Å². The molecular weight excluding hydrogens is 258 g/mol. The molecule has 0 aromatic heterocycles. The zero-order valence-electron chi connectivity index (χ0n) is 11.4. The summed E-state index contributed by atoms with van der Waals surface area (Å²) in [7, 11) is 0. The van der Waals surface area contributed by atoms with Crippen LogP contribution in [0.5, 0.6) is 0 Å². The van der Waals surface area contributed by atoms with E-state index in [0.29, 0.717) is 18.8 Å². The van der Waals surface area contributed by atoms with Crippen LogP contribution in [0.3, 0.4) is 0 Å². The standard InChI is InChI=1S/C16H18F2N2/c1-2-20(15-6-4-3-5-14(15)18)16(11-19)12-7-9-13(17)10-8-12/h3-10,16H,2,11,19H2,1H3. The van der Waals surface area contributed by atoms with Crippen molar-refractivity contribution in [2.75, 3.05) is 18.0 Å². The van der Waals surface area contributed by atoms with Gasteiger partial charge in [-0.05, 0) is 36.8 Å². The second kappa shape index (κ2) is 6.48. The molecule has 0 aliphatic rings. The Morgan fingerprint density at radius 2 is 1.70 bits per heavy atom. The van der Waals surface area contributed by atoms with Crippen molar-refractivity contribution in [1.82, 2.24) is 0 Å². The summed E-state index contributed by atoms with van der Waals surface area (Å²) < 4.78 is 27.0. The molecule has 0 spiro atoms. The highest BCUT2D eigenvalue weighted by atomic mass is 19.1. The van der Waals surface area contributed by atoms with Crippen molar-refractivity contribution in [2.24, 2.45) is 5.73 Å². The van der Waals surface area contributed by atoms with E-state index in [0.717, 1.165) is 5.56 Å². The van der Waals surface area contributed by atoms with Gasteiger partial charge in [0.05, 0.1) is 11.7 Å². The molecule has 2 rings (SSSR count). The lowest BCUT2D eigenvalue weighted by molar-refractivity contribution is 0.586. The van der Waals surface area contributed by atoms with Crippen LogP contribution in [0.1, 0.15) is 18.5 Å². The first-order valence-corrected chi connectivity index (χ1v) is 6.64. The molecule has 20 heavy (non-hydrogen) atoms. The van der Waals surface area contributed by atoms with E-state index in [2.05, 4.69) is 0 Å². The van der Waals surface area contributed by atoms with E-state index < -0.39 is 0 Å². The van der Waals surface area contributed by atoms with Crippen LogP contribution in [0.2, 0.25) is 0 Å². The van der Waals surface area contributed by atoms with Gasteiger partial charge in [-0.15, -0.1) is 0 Å². The summed E-state index contributed by atoms with van der Waals surface area (Å²) in [5.74, 6) is -0.576. The van der Waals surface area contributed by atoms with E-state index in [9.17, 15) is 8.78 Å². The third kappa shape index (κ3) is 2.96. The molecule has 2 nitrogen and oxygen atoms in total.